The van der Waals surface area contributed by atoms with Gasteiger partial charge in [0.05, 0.1) is 12.9 Å². The first-order valence-corrected chi connectivity index (χ1v) is 5.87. The zero-order valence-corrected chi connectivity index (χ0v) is 10.6. The van der Waals surface area contributed by atoms with Gasteiger partial charge in [-0.2, -0.15) is 0 Å². The minimum Gasteiger partial charge on any atom is -0.459 e. The number of carbonyl (C=O) groups excluding carboxylic acids is 3. The summed E-state index contributed by atoms with van der Waals surface area (Å²) in [6, 6.07) is 0. The van der Waals surface area contributed by atoms with E-state index in [1.54, 1.807) is 0 Å². The van der Waals surface area contributed by atoms with E-state index in [0.29, 0.717) is 6.42 Å². The number of aromatic amines is 1. The van der Waals surface area contributed by atoms with E-state index >= 15 is 0 Å². The highest BCUT2D eigenvalue weighted by molar-refractivity contribution is 6.37. The molecule has 1 rings (SSSR count). The number of primary amides is 1. The largest absolute Gasteiger partial charge is 0.459 e. The molecule has 0 atom stereocenters. The van der Waals surface area contributed by atoms with Gasteiger partial charge in [-0.05, 0) is 6.42 Å². The smallest absolute Gasteiger partial charge is 0.397 e. The Kier molecular flexibility index (Phi) is 5.52. The molecular weight excluding hydrogens is 252 g/mol. The minimum absolute atomic E-state index is 0.0767. The minimum atomic E-state index is -1.02. The molecule has 0 aromatic carbocycles. The van der Waals surface area contributed by atoms with Crippen LogP contribution in [0, 0.1) is 0 Å². The van der Waals surface area contributed by atoms with Gasteiger partial charge in [0.25, 0.3) is 5.91 Å². The number of unbranched alkanes of at least 4 members (excludes halogenated alkanes) is 2. The van der Waals surface area contributed by atoms with Crippen molar-refractivity contribution in [1.82, 2.24) is 9.97 Å². The number of esters is 1. The van der Waals surface area contributed by atoms with Gasteiger partial charge in [0.2, 0.25) is 0 Å². The second-order valence-electron chi connectivity index (χ2n) is 3.79. The fourth-order valence-electron chi connectivity index (χ4n) is 1.32. The lowest BCUT2D eigenvalue weighted by atomic mass is 10.3. The molecule has 0 unspecified atom stereocenters. The standard InChI is InChI=1S/C11H16N4O4/c1-2-3-4-5-19-11(18)10(17)15-9-7(8(12)16)13-6-14-9/h6H,2-5H2,1H3,(H2,12,16)(H,13,14)(H,15,17). The van der Waals surface area contributed by atoms with Crippen LogP contribution in [0.1, 0.15) is 36.7 Å². The Morgan fingerprint density at radius 1 is 1.42 bits per heavy atom. The van der Waals surface area contributed by atoms with E-state index in [4.69, 9.17) is 10.5 Å². The molecule has 0 aliphatic carbocycles. The van der Waals surface area contributed by atoms with Crippen LogP contribution in [0.2, 0.25) is 0 Å². The maximum atomic E-state index is 11.5. The Bertz CT molecular complexity index is 469. The molecule has 4 N–H and O–H groups in total. The fraction of sp³-hybridized carbons (Fsp3) is 0.455. The summed E-state index contributed by atoms with van der Waals surface area (Å²) in [5.41, 5.74) is 4.97. The van der Waals surface area contributed by atoms with Crippen LogP contribution in [0.5, 0.6) is 0 Å². The van der Waals surface area contributed by atoms with E-state index in [1.165, 1.54) is 6.33 Å². The lowest BCUT2D eigenvalue weighted by Gasteiger charge is -2.04. The quantitative estimate of drug-likeness (QED) is 0.385. The number of nitrogens with zero attached hydrogens (tertiary/aromatic N) is 1. The second-order valence-corrected chi connectivity index (χ2v) is 3.79. The van der Waals surface area contributed by atoms with E-state index in [0.717, 1.165) is 12.8 Å². The summed E-state index contributed by atoms with van der Waals surface area (Å²) in [6.07, 6.45) is 3.78. The lowest BCUT2D eigenvalue weighted by Crippen LogP contribution is -2.27. The van der Waals surface area contributed by atoms with Crippen LogP contribution >= 0.6 is 0 Å². The lowest BCUT2D eigenvalue weighted by molar-refractivity contribution is -0.152. The van der Waals surface area contributed by atoms with Crippen molar-refractivity contribution in [3.05, 3.63) is 12.0 Å². The fourth-order valence-corrected chi connectivity index (χ4v) is 1.32. The van der Waals surface area contributed by atoms with E-state index in [2.05, 4.69) is 15.3 Å². The number of rotatable bonds is 6. The highest BCUT2D eigenvalue weighted by Gasteiger charge is 2.19. The summed E-state index contributed by atoms with van der Waals surface area (Å²) in [7, 11) is 0. The molecule has 0 radical (unpaired) electrons. The maximum Gasteiger partial charge on any atom is 0.397 e. The molecule has 104 valence electrons. The zero-order chi connectivity index (χ0) is 14.3. The Morgan fingerprint density at radius 3 is 2.79 bits per heavy atom. The average molecular weight is 268 g/mol. The summed E-state index contributed by atoms with van der Waals surface area (Å²) in [6.45, 7) is 2.20. The van der Waals surface area contributed by atoms with Crippen LogP contribution in [-0.4, -0.2) is 34.4 Å². The van der Waals surface area contributed by atoms with Gasteiger partial charge in [0.1, 0.15) is 5.69 Å². The summed E-state index contributed by atoms with van der Waals surface area (Å²) in [4.78, 5) is 39.9. The third-order valence-corrected chi connectivity index (χ3v) is 2.28. The molecule has 2 amide bonds. The van der Waals surface area contributed by atoms with Crippen LogP contribution in [0.15, 0.2) is 6.33 Å². The molecule has 1 heterocycles. The van der Waals surface area contributed by atoms with Gasteiger partial charge in [-0.1, -0.05) is 19.8 Å². The predicted octanol–water partition coefficient (Wildman–Crippen LogP) is 0.180. The normalized spacial score (nSPS) is 9.95. The predicted molar refractivity (Wildman–Crippen MR) is 66.2 cm³/mol. The zero-order valence-electron chi connectivity index (χ0n) is 10.6. The second kappa shape index (κ2) is 7.14. The first-order chi connectivity index (χ1) is 9.06. The van der Waals surface area contributed by atoms with Crippen molar-refractivity contribution in [3.8, 4) is 0 Å². The number of hydrogen-bond acceptors (Lipinski definition) is 5. The Hall–Kier alpha value is -2.38. The number of imidazole rings is 1. The molecule has 1 aromatic heterocycles. The molecular formula is C11H16N4O4. The molecule has 19 heavy (non-hydrogen) atoms. The number of ether oxygens (including phenoxy) is 1. The molecule has 1 aromatic rings. The van der Waals surface area contributed by atoms with Crippen molar-refractivity contribution < 1.29 is 19.1 Å². The summed E-state index contributed by atoms with van der Waals surface area (Å²) in [5, 5.41) is 2.16. The van der Waals surface area contributed by atoms with Gasteiger partial charge >= 0.3 is 11.9 Å². The van der Waals surface area contributed by atoms with Gasteiger partial charge in [-0.3, -0.25) is 14.9 Å². The first-order valence-electron chi connectivity index (χ1n) is 5.87. The third-order valence-electron chi connectivity index (χ3n) is 2.28. The van der Waals surface area contributed by atoms with Gasteiger partial charge in [-0.15, -0.1) is 0 Å². The Labute approximate surface area is 109 Å². The highest BCUT2D eigenvalue weighted by atomic mass is 16.5. The van der Waals surface area contributed by atoms with Crippen molar-refractivity contribution in [2.45, 2.75) is 26.2 Å². The van der Waals surface area contributed by atoms with E-state index < -0.39 is 17.8 Å². The van der Waals surface area contributed by atoms with Crippen LogP contribution in [0.25, 0.3) is 0 Å². The van der Waals surface area contributed by atoms with Crippen molar-refractivity contribution in [2.75, 3.05) is 11.9 Å². The number of nitrogens with two attached hydrogens (primary N) is 1. The summed E-state index contributed by atoms with van der Waals surface area (Å²) < 4.78 is 4.75. The molecule has 0 aliphatic heterocycles. The average Bonchev–Trinajstić information content (AvgIpc) is 2.82. The van der Waals surface area contributed by atoms with Gasteiger partial charge in [0, 0.05) is 0 Å². The molecule has 8 heteroatoms. The van der Waals surface area contributed by atoms with Crippen LogP contribution < -0.4 is 11.1 Å². The number of amides is 2. The van der Waals surface area contributed by atoms with Crippen molar-refractivity contribution >= 4 is 23.6 Å². The van der Waals surface area contributed by atoms with Crippen LogP contribution in [-0.2, 0) is 14.3 Å². The molecule has 0 aliphatic rings. The van der Waals surface area contributed by atoms with E-state index in [1.807, 2.05) is 6.92 Å². The topological polar surface area (TPSA) is 127 Å². The number of anilines is 1. The van der Waals surface area contributed by atoms with E-state index in [9.17, 15) is 14.4 Å². The number of nitrogens with one attached hydrogen (secondary N) is 2. The van der Waals surface area contributed by atoms with Crippen molar-refractivity contribution in [3.63, 3.8) is 0 Å². The molecule has 0 fully saturated rings. The van der Waals surface area contributed by atoms with Gasteiger partial charge < -0.3 is 15.5 Å². The highest BCUT2D eigenvalue weighted by Crippen LogP contribution is 2.08. The van der Waals surface area contributed by atoms with Crippen LogP contribution in [0.3, 0.4) is 0 Å². The summed E-state index contributed by atoms with van der Waals surface area (Å²) >= 11 is 0. The molecule has 0 saturated carbocycles. The summed E-state index contributed by atoms with van der Waals surface area (Å²) in [5.74, 6) is -2.90. The molecule has 0 bridgehead atoms. The Morgan fingerprint density at radius 2 is 2.16 bits per heavy atom. The monoisotopic (exact) mass is 268 g/mol. The number of aromatic nitrogens is 2. The maximum absolute atomic E-state index is 11.5. The Balaban J connectivity index is 2.48. The van der Waals surface area contributed by atoms with Crippen molar-refractivity contribution in [1.29, 1.82) is 0 Å². The van der Waals surface area contributed by atoms with Crippen molar-refractivity contribution in [2.24, 2.45) is 5.73 Å². The molecule has 8 nitrogen and oxygen atoms in total. The molecule has 0 spiro atoms. The van der Waals surface area contributed by atoms with Crippen LogP contribution in [0.4, 0.5) is 5.82 Å². The first kappa shape index (κ1) is 14.7. The van der Waals surface area contributed by atoms with E-state index in [-0.39, 0.29) is 18.1 Å². The number of hydrogen-bond donors (Lipinski definition) is 3. The third kappa shape index (κ3) is 4.41. The molecule has 0 saturated heterocycles. The van der Waals surface area contributed by atoms with Gasteiger partial charge in [0.15, 0.2) is 5.82 Å². The number of H-pyrrole nitrogens is 1. The SMILES string of the molecule is CCCCCOC(=O)C(=O)Nc1nc[nH]c1C(N)=O. The van der Waals surface area contributed by atoms with Gasteiger partial charge in [-0.25, -0.2) is 9.78 Å². The number of carbonyl (C=O) groups is 3.